The second-order valence-electron chi connectivity index (χ2n) is 2.43. The highest BCUT2D eigenvalue weighted by molar-refractivity contribution is 8.77. The van der Waals surface area contributed by atoms with Crippen molar-refractivity contribution in [2.75, 3.05) is 5.75 Å². The molecule has 0 amide bonds. The van der Waals surface area contributed by atoms with E-state index < -0.39 is 0 Å². The summed E-state index contributed by atoms with van der Waals surface area (Å²) in [5.74, 6) is 4.01. The minimum atomic E-state index is 0.901. The van der Waals surface area contributed by atoms with Crippen LogP contribution in [0.1, 0.15) is 39.5 Å². The van der Waals surface area contributed by atoms with Crippen LogP contribution in [-0.2, 0) is 0 Å². The van der Waals surface area contributed by atoms with E-state index in [4.69, 9.17) is 6.42 Å². The molecule has 0 saturated carbocycles. The first-order valence-corrected chi connectivity index (χ1v) is 7.03. The van der Waals surface area contributed by atoms with E-state index in [1.165, 1.54) is 25.0 Å². The first kappa shape index (κ1) is 12.3. The van der Waals surface area contributed by atoms with Gasteiger partial charge in [-0.15, -0.1) is 12.3 Å². The number of hydrogen-bond acceptors (Lipinski definition) is 2. The van der Waals surface area contributed by atoms with Gasteiger partial charge in [-0.05, 0) is 19.3 Å². The Kier molecular flexibility index (Phi) is 9.55. The molecule has 0 radical (unpaired) electrons. The van der Waals surface area contributed by atoms with Gasteiger partial charge in [0.05, 0.1) is 0 Å². The molecule has 0 aliphatic carbocycles. The summed E-state index contributed by atoms with van der Waals surface area (Å²) in [6.45, 7) is 4.00. The highest BCUT2D eigenvalue weighted by Crippen LogP contribution is 2.39. The van der Waals surface area contributed by atoms with Crippen molar-refractivity contribution in [1.82, 2.24) is 0 Å². The largest absolute Gasteiger partial charge is 0.120 e. The molecule has 0 spiro atoms. The normalized spacial score (nSPS) is 20.9. The van der Waals surface area contributed by atoms with Gasteiger partial charge in [0.25, 0.3) is 0 Å². The Morgan fingerprint density at radius 3 is 2.75 bits per heavy atom. The minimum Gasteiger partial charge on any atom is -0.120 e. The summed E-state index contributed by atoms with van der Waals surface area (Å²) >= 11 is 0. The van der Waals surface area contributed by atoms with Crippen molar-refractivity contribution >= 4 is 21.6 Å². The van der Waals surface area contributed by atoms with Crippen molar-refractivity contribution in [3.8, 4) is 12.3 Å². The van der Waals surface area contributed by atoms with Crippen LogP contribution in [0.15, 0.2) is 0 Å². The van der Waals surface area contributed by atoms with Crippen LogP contribution in [0.25, 0.3) is 0 Å². The van der Waals surface area contributed by atoms with Crippen LogP contribution in [0, 0.1) is 12.3 Å². The van der Waals surface area contributed by atoms with E-state index in [2.05, 4.69) is 5.92 Å². The van der Waals surface area contributed by atoms with E-state index in [1.54, 1.807) is 0 Å². The van der Waals surface area contributed by atoms with Crippen molar-refractivity contribution in [3.63, 3.8) is 0 Å². The molecule has 1 rings (SSSR count). The molecule has 70 valence electrons. The Morgan fingerprint density at radius 1 is 1.50 bits per heavy atom. The summed E-state index contributed by atoms with van der Waals surface area (Å²) in [4.78, 5) is 0. The summed E-state index contributed by atoms with van der Waals surface area (Å²) in [6, 6.07) is 0. The van der Waals surface area contributed by atoms with Gasteiger partial charge in [-0.1, -0.05) is 35.4 Å². The van der Waals surface area contributed by atoms with Crippen molar-refractivity contribution in [2.45, 2.75) is 44.8 Å². The molecule has 0 aromatic rings. The third-order valence-corrected chi connectivity index (χ3v) is 4.58. The van der Waals surface area contributed by atoms with Gasteiger partial charge in [-0.3, -0.25) is 0 Å². The third kappa shape index (κ3) is 5.85. The molecule has 0 aromatic heterocycles. The van der Waals surface area contributed by atoms with E-state index in [9.17, 15) is 0 Å². The van der Waals surface area contributed by atoms with Gasteiger partial charge < -0.3 is 0 Å². The zero-order chi connectivity index (χ0) is 9.23. The first-order chi connectivity index (χ1) is 5.93. The standard InChI is InChI=1S/C8H12S2.C2H6/c1-2-3-4-5-8-6-7-9-10-8;1-2/h1,8H,3-7H2;1-2H3/t8-;/m1./s1. The monoisotopic (exact) mass is 202 g/mol. The van der Waals surface area contributed by atoms with Gasteiger partial charge >= 0.3 is 0 Å². The number of hydrogen-bond donors (Lipinski definition) is 0. The molecule has 0 bridgehead atoms. The first-order valence-electron chi connectivity index (χ1n) is 4.65. The molecule has 1 heterocycles. The number of terminal acetylenes is 1. The van der Waals surface area contributed by atoms with Crippen LogP contribution in [0.2, 0.25) is 0 Å². The fraction of sp³-hybridized carbons (Fsp3) is 0.800. The maximum atomic E-state index is 5.15. The predicted octanol–water partition coefficient (Wildman–Crippen LogP) is 3.97. The van der Waals surface area contributed by atoms with Crippen molar-refractivity contribution < 1.29 is 0 Å². The fourth-order valence-electron chi connectivity index (χ4n) is 0.996. The maximum Gasteiger partial charge on any atom is 0.0160 e. The summed E-state index contributed by atoms with van der Waals surface area (Å²) in [5, 5.41) is 0.901. The second kappa shape index (κ2) is 9.35. The van der Waals surface area contributed by atoms with Crippen LogP contribution in [0.5, 0.6) is 0 Å². The highest BCUT2D eigenvalue weighted by Gasteiger charge is 2.14. The van der Waals surface area contributed by atoms with Crippen molar-refractivity contribution in [3.05, 3.63) is 0 Å². The molecule has 1 saturated heterocycles. The molecule has 0 aromatic carbocycles. The molecule has 1 aliphatic heterocycles. The molecule has 0 unspecified atom stereocenters. The van der Waals surface area contributed by atoms with Gasteiger partial charge in [0.2, 0.25) is 0 Å². The Labute approximate surface area is 84.7 Å². The molecule has 1 aliphatic rings. The number of unbranched alkanes of at least 4 members (excludes halogenated alkanes) is 1. The SMILES string of the molecule is C#CCCC[C@@H]1CCSS1.CC. The topological polar surface area (TPSA) is 0 Å². The van der Waals surface area contributed by atoms with Gasteiger partial charge in [-0.25, -0.2) is 0 Å². The Morgan fingerprint density at radius 2 is 2.25 bits per heavy atom. The van der Waals surface area contributed by atoms with Crippen molar-refractivity contribution in [2.24, 2.45) is 0 Å². The predicted molar refractivity (Wildman–Crippen MR) is 62.5 cm³/mol. The maximum absolute atomic E-state index is 5.15. The third-order valence-electron chi connectivity index (χ3n) is 1.57. The minimum absolute atomic E-state index is 0.901. The molecule has 1 fully saturated rings. The van der Waals surface area contributed by atoms with Crippen LogP contribution in [0.4, 0.5) is 0 Å². The molecule has 2 heteroatoms. The van der Waals surface area contributed by atoms with E-state index >= 15 is 0 Å². The fourth-order valence-corrected chi connectivity index (χ4v) is 4.02. The smallest absolute Gasteiger partial charge is 0.0160 e. The average Bonchev–Trinajstić information content (AvgIpc) is 2.61. The lowest BCUT2D eigenvalue weighted by molar-refractivity contribution is 0.707. The zero-order valence-electron chi connectivity index (χ0n) is 8.01. The van der Waals surface area contributed by atoms with Gasteiger partial charge in [0.15, 0.2) is 0 Å². The lowest BCUT2D eigenvalue weighted by Gasteiger charge is -2.03. The summed E-state index contributed by atoms with van der Waals surface area (Å²) < 4.78 is 0. The number of rotatable bonds is 3. The van der Waals surface area contributed by atoms with Crippen LogP contribution < -0.4 is 0 Å². The zero-order valence-corrected chi connectivity index (χ0v) is 9.64. The summed E-state index contributed by atoms with van der Waals surface area (Å²) in [6.07, 6.45) is 10.0. The summed E-state index contributed by atoms with van der Waals surface area (Å²) in [7, 11) is 4.05. The Bertz CT molecular complexity index is 120. The Balaban J connectivity index is 0.000000561. The second-order valence-corrected chi connectivity index (χ2v) is 5.21. The van der Waals surface area contributed by atoms with E-state index in [0.29, 0.717) is 0 Å². The van der Waals surface area contributed by atoms with Crippen LogP contribution >= 0.6 is 21.6 Å². The van der Waals surface area contributed by atoms with E-state index in [-0.39, 0.29) is 0 Å². The van der Waals surface area contributed by atoms with Gasteiger partial charge in [-0.2, -0.15) is 0 Å². The molecular formula is C10H18S2. The van der Waals surface area contributed by atoms with Crippen LogP contribution in [0.3, 0.4) is 0 Å². The molecule has 0 nitrogen and oxygen atoms in total. The molecular weight excluding hydrogens is 184 g/mol. The lowest BCUT2D eigenvalue weighted by Crippen LogP contribution is -1.95. The molecule has 12 heavy (non-hydrogen) atoms. The molecule has 0 N–H and O–H groups in total. The van der Waals surface area contributed by atoms with Crippen LogP contribution in [-0.4, -0.2) is 11.0 Å². The van der Waals surface area contributed by atoms with Gasteiger partial charge in [0.1, 0.15) is 0 Å². The highest BCUT2D eigenvalue weighted by atomic mass is 33.1. The average molecular weight is 202 g/mol. The lowest BCUT2D eigenvalue weighted by atomic mass is 10.1. The quantitative estimate of drug-likeness (QED) is 0.386. The molecule has 1 atom stereocenters. The van der Waals surface area contributed by atoms with Gasteiger partial charge in [0, 0.05) is 17.4 Å². The van der Waals surface area contributed by atoms with E-state index in [0.717, 1.165) is 11.7 Å². The van der Waals surface area contributed by atoms with E-state index in [1.807, 2.05) is 35.4 Å². The Hall–Kier alpha value is 0.260. The summed E-state index contributed by atoms with van der Waals surface area (Å²) in [5.41, 5.74) is 0. The van der Waals surface area contributed by atoms with Crippen molar-refractivity contribution in [1.29, 1.82) is 0 Å².